The number of nitrogens with two attached hydrogens (primary N) is 1. The molecule has 1 unspecified atom stereocenters. The van der Waals surface area contributed by atoms with Crippen molar-refractivity contribution in [1.29, 1.82) is 0 Å². The van der Waals surface area contributed by atoms with Gasteiger partial charge in [-0.05, 0) is 14.0 Å². The molecule has 1 heterocycles. The summed E-state index contributed by atoms with van der Waals surface area (Å²) in [7, 11) is 2.00. The van der Waals surface area contributed by atoms with Crippen molar-refractivity contribution in [3.63, 3.8) is 0 Å². The van der Waals surface area contributed by atoms with Crippen LogP contribution in [0, 0.1) is 5.92 Å². The molecule has 0 aliphatic rings. The highest BCUT2D eigenvalue weighted by molar-refractivity contribution is 5.82. The van der Waals surface area contributed by atoms with Crippen LogP contribution >= 0.6 is 0 Å². The fourth-order valence-corrected chi connectivity index (χ4v) is 1.70. The van der Waals surface area contributed by atoms with Gasteiger partial charge in [0.05, 0.1) is 6.20 Å². The summed E-state index contributed by atoms with van der Waals surface area (Å²) in [6.45, 7) is 6.42. The summed E-state index contributed by atoms with van der Waals surface area (Å²) in [5.41, 5.74) is 6.71. The van der Waals surface area contributed by atoms with E-state index in [4.69, 9.17) is 10.9 Å². The van der Waals surface area contributed by atoms with Gasteiger partial charge in [-0.15, -0.1) is 0 Å². The van der Waals surface area contributed by atoms with E-state index in [1.165, 1.54) is 5.56 Å². The van der Waals surface area contributed by atoms with E-state index >= 15 is 0 Å². The van der Waals surface area contributed by atoms with E-state index in [0.717, 1.165) is 19.6 Å². The minimum Gasteiger partial charge on any atom is -0.409 e. The minimum atomic E-state index is 0.0335. The molecule has 1 atom stereocenters. The first-order valence-electron chi connectivity index (χ1n) is 5.74. The number of oxime groups is 1. The maximum absolute atomic E-state index is 8.57. The summed E-state index contributed by atoms with van der Waals surface area (Å²) in [5, 5.41) is 15.8. The maximum Gasteiger partial charge on any atom is 0.143 e. The van der Waals surface area contributed by atoms with Crippen LogP contribution in [0.5, 0.6) is 0 Å². The number of aryl methyl sites for hydroxylation is 1. The Labute approximate surface area is 102 Å². The summed E-state index contributed by atoms with van der Waals surface area (Å²) < 4.78 is 1.90. The number of amidine groups is 1. The van der Waals surface area contributed by atoms with Crippen LogP contribution in [-0.2, 0) is 13.1 Å². The van der Waals surface area contributed by atoms with Crippen LogP contribution in [0.3, 0.4) is 0 Å². The van der Waals surface area contributed by atoms with Crippen LogP contribution in [-0.4, -0.2) is 39.3 Å². The second-order valence-electron chi connectivity index (χ2n) is 4.33. The van der Waals surface area contributed by atoms with Crippen molar-refractivity contribution in [3.05, 3.63) is 18.0 Å². The highest BCUT2D eigenvalue weighted by Crippen LogP contribution is 2.05. The van der Waals surface area contributed by atoms with Gasteiger partial charge in [0.25, 0.3) is 0 Å². The Morgan fingerprint density at radius 2 is 2.41 bits per heavy atom. The largest absolute Gasteiger partial charge is 0.409 e. The van der Waals surface area contributed by atoms with Crippen molar-refractivity contribution < 1.29 is 5.21 Å². The number of hydrogen-bond acceptors (Lipinski definition) is 4. The van der Waals surface area contributed by atoms with E-state index in [1.54, 1.807) is 0 Å². The Hall–Kier alpha value is -1.56. The third kappa shape index (κ3) is 4.07. The Balaban J connectivity index is 2.46. The molecule has 3 N–H and O–H groups in total. The van der Waals surface area contributed by atoms with Gasteiger partial charge < -0.3 is 15.8 Å². The van der Waals surface area contributed by atoms with E-state index in [9.17, 15) is 0 Å². The van der Waals surface area contributed by atoms with E-state index in [1.807, 2.05) is 31.0 Å². The molecular weight excluding hydrogens is 218 g/mol. The molecule has 96 valence electrons. The summed E-state index contributed by atoms with van der Waals surface area (Å²) in [4.78, 5) is 2.12. The SMILES string of the molecule is CCn1cc(CN(C)CC(C)C(N)=NO)cn1. The molecule has 0 aromatic carbocycles. The normalized spacial score (nSPS) is 14.2. The lowest BCUT2D eigenvalue weighted by Crippen LogP contribution is -2.32. The smallest absolute Gasteiger partial charge is 0.143 e. The molecule has 1 rings (SSSR count). The zero-order valence-corrected chi connectivity index (χ0v) is 10.7. The Bertz CT molecular complexity index is 374. The molecule has 6 heteroatoms. The maximum atomic E-state index is 8.57. The van der Waals surface area contributed by atoms with Gasteiger partial charge >= 0.3 is 0 Å². The molecule has 0 aliphatic heterocycles. The Kier molecular flexibility index (Phi) is 4.96. The number of aromatic nitrogens is 2. The predicted molar refractivity (Wildman–Crippen MR) is 66.8 cm³/mol. The Morgan fingerprint density at radius 3 is 2.94 bits per heavy atom. The molecule has 0 fully saturated rings. The topological polar surface area (TPSA) is 79.7 Å². The second-order valence-corrected chi connectivity index (χ2v) is 4.33. The molecular formula is C11H21N5O. The first kappa shape index (κ1) is 13.5. The molecule has 0 radical (unpaired) electrons. The van der Waals surface area contributed by atoms with Crippen molar-refractivity contribution in [1.82, 2.24) is 14.7 Å². The van der Waals surface area contributed by atoms with Gasteiger partial charge in [-0.2, -0.15) is 5.10 Å². The zero-order valence-electron chi connectivity index (χ0n) is 10.7. The van der Waals surface area contributed by atoms with Gasteiger partial charge in [0.15, 0.2) is 0 Å². The molecule has 0 aliphatic carbocycles. The number of rotatable bonds is 6. The average Bonchev–Trinajstić information content (AvgIpc) is 2.75. The lowest BCUT2D eigenvalue weighted by atomic mass is 10.1. The van der Waals surface area contributed by atoms with Crippen LogP contribution in [0.15, 0.2) is 17.5 Å². The van der Waals surface area contributed by atoms with Crippen molar-refractivity contribution in [2.45, 2.75) is 26.9 Å². The van der Waals surface area contributed by atoms with Crippen LogP contribution < -0.4 is 5.73 Å². The molecule has 17 heavy (non-hydrogen) atoms. The van der Waals surface area contributed by atoms with Crippen LogP contribution in [0.1, 0.15) is 19.4 Å². The van der Waals surface area contributed by atoms with Gasteiger partial charge in [-0.25, -0.2) is 0 Å². The van der Waals surface area contributed by atoms with E-state index < -0.39 is 0 Å². The van der Waals surface area contributed by atoms with Gasteiger partial charge in [0, 0.05) is 37.3 Å². The van der Waals surface area contributed by atoms with Crippen molar-refractivity contribution in [3.8, 4) is 0 Å². The molecule has 0 saturated carbocycles. The molecule has 1 aromatic rings. The molecule has 6 nitrogen and oxygen atoms in total. The predicted octanol–water partition coefficient (Wildman–Crippen LogP) is 0.717. The second kappa shape index (κ2) is 6.24. The van der Waals surface area contributed by atoms with Crippen LogP contribution in [0.25, 0.3) is 0 Å². The third-order valence-electron chi connectivity index (χ3n) is 2.67. The highest BCUT2D eigenvalue weighted by atomic mass is 16.4. The van der Waals surface area contributed by atoms with Gasteiger partial charge in [0.2, 0.25) is 0 Å². The quantitative estimate of drug-likeness (QED) is 0.332. The first-order chi connectivity index (χ1) is 8.06. The Morgan fingerprint density at radius 1 is 1.71 bits per heavy atom. The monoisotopic (exact) mass is 239 g/mol. The zero-order chi connectivity index (χ0) is 12.8. The van der Waals surface area contributed by atoms with E-state index in [0.29, 0.717) is 0 Å². The molecule has 0 spiro atoms. The minimum absolute atomic E-state index is 0.0335. The molecule has 0 bridgehead atoms. The average molecular weight is 239 g/mol. The number of nitrogens with zero attached hydrogens (tertiary/aromatic N) is 4. The lowest BCUT2D eigenvalue weighted by Gasteiger charge is -2.19. The molecule has 0 amide bonds. The first-order valence-corrected chi connectivity index (χ1v) is 5.74. The van der Waals surface area contributed by atoms with Crippen molar-refractivity contribution in [2.24, 2.45) is 16.8 Å². The van der Waals surface area contributed by atoms with Gasteiger partial charge in [0.1, 0.15) is 5.84 Å². The highest BCUT2D eigenvalue weighted by Gasteiger charge is 2.11. The fourth-order valence-electron chi connectivity index (χ4n) is 1.70. The third-order valence-corrected chi connectivity index (χ3v) is 2.67. The van der Waals surface area contributed by atoms with E-state index in [-0.39, 0.29) is 11.8 Å². The summed E-state index contributed by atoms with van der Waals surface area (Å²) in [6, 6.07) is 0. The van der Waals surface area contributed by atoms with Gasteiger partial charge in [-0.1, -0.05) is 12.1 Å². The van der Waals surface area contributed by atoms with E-state index in [2.05, 4.69) is 22.1 Å². The van der Waals surface area contributed by atoms with Crippen molar-refractivity contribution in [2.75, 3.05) is 13.6 Å². The summed E-state index contributed by atoms with van der Waals surface area (Å²) >= 11 is 0. The molecule has 1 aromatic heterocycles. The number of hydrogen-bond donors (Lipinski definition) is 2. The van der Waals surface area contributed by atoms with Crippen LogP contribution in [0.4, 0.5) is 0 Å². The summed E-state index contributed by atoms with van der Waals surface area (Å²) in [6.07, 6.45) is 3.90. The standard InChI is InChI=1S/C11H21N5O/c1-4-16-8-10(5-13-16)7-15(3)6-9(2)11(12)14-17/h5,8-9,17H,4,6-7H2,1-3H3,(H2,12,14). The lowest BCUT2D eigenvalue weighted by molar-refractivity contribution is 0.290. The summed E-state index contributed by atoms with van der Waals surface area (Å²) in [5.74, 6) is 0.298. The van der Waals surface area contributed by atoms with Gasteiger partial charge in [-0.3, -0.25) is 4.68 Å². The fraction of sp³-hybridized carbons (Fsp3) is 0.636. The molecule has 0 saturated heterocycles. The van der Waals surface area contributed by atoms with Crippen LogP contribution in [0.2, 0.25) is 0 Å². The van der Waals surface area contributed by atoms with Crippen molar-refractivity contribution >= 4 is 5.84 Å².